The van der Waals surface area contributed by atoms with E-state index in [2.05, 4.69) is 0 Å². The van der Waals surface area contributed by atoms with E-state index in [1.165, 1.54) is 32.1 Å². The van der Waals surface area contributed by atoms with Crippen LogP contribution in [0.3, 0.4) is 0 Å². The number of carbonyl (C=O) groups excluding carboxylic acids is 1. The molecule has 4 nitrogen and oxygen atoms in total. The number of hydrogen-bond acceptors (Lipinski definition) is 3. The van der Waals surface area contributed by atoms with Gasteiger partial charge in [-0.2, -0.15) is 0 Å². The Labute approximate surface area is 116 Å². The molecule has 1 saturated carbocycles. The summed E-state index contributed by atoms with van der Waals surface area (Å²) in [5, 5.41) is 0. The SMILES string of the molecule is NC1CCCCCC1OCC(=O)N1CCCCCC1. The highest BCUT2D eigenvalue weighted by atomic mass is 16.5. The Morgan fingerprint density at radius 2 is 1.63 bits per heavy atom. The summed E-state index contributed by atoms with van der Waals surface area (Å²) in [5.74, 6) is 0.151. The number of ether oxygens (including phenoxy) is 1. The van der Waals surface area contributed by atoms with Crippen molar-refractivity contribution in [2.45, 2.75) is 69.9 Å². The van der Waals surface area contributed by atoms with Gasteiger partial charge in [0.1, 0.15) is 6.61 Å². The molecule has 0 aromatic rings. The Kier molecular flexibility index (Phi) is 6.11. The van der Waals surface area contributed by atoms with Crippen LogP contribution in [0.2, 0.25) is 0 Å². The third kappa shape index (κ3) is 4.77. The standard InChI is InChI=1S/C15H28N2O2/c16-13-8-4-3-5-9-14(13)19-12-15(18)17-10-6-1-2-7-11-17/h13-14H,1-12,16H2. The molecular weight excluding hydrogens is 240 g/mol. The predicted octanol–water partition coefficient (Wildman–Crippen LogP) is 2.07. The number of nitrogens with two attached hydrogens (primary N) is 1. The second-order valence-electron chi connectivity index (χ2n) is 5.95. The molecule has 4 heteroatoms. The van der Waals surface area contributed by atoms with E-state index in [0.717, 1.165) is 38.8 Å². The van der Waals surface area contributed by atoms with Crippen molar-refractivity contribution < 1.29 is 9.53 Å². The number of hydrogen-bond donors (Lipinski definition) is 1. The minimum Gasteiger partial charge on any atom is -0.367 e. The minimum atomic E-state index is 0.0819. The average molecular weight is 268 g/mol. The van der Waals surface area contributed by atoms with E-state index in [-0.39, 0.29) is 24.7 Å². The van der Waals surface area contributed by atoms with Crippen LogP contribution in [0, 0.1) is 0 Å². The molecular formula is C15H28N2O2. The van der Waals surface area contributed by atoms with Gasteiger partial charge in [-0.05, 0) is 25.7 Å². The highest BCUT2D eigenvalue weighted by molar-refractivity contribution is 5.77. The molecule has 2 aliphatic rings. The quantitative estimate of drug-likeness (QED) is 0.797. The molecule has 0 aromatic carbocycles. The van der Waals surface area contributed by atoms with Crippen LogP contribution < -0.4 is 5.73 Å². The van der Waals surface area contributed by atoms with Crippen LogP contribution in [0.15, 0.2) is 0 Å². The van der Waals surface area contributed by atoms with Gasteiger partial charge in [0, 0.05) is 19.1 Å². The first-order valence-electron chi connectivity index (χ1n) is 7.92. The Bertz CT molecular complexity index is 275. The fraction of sp³-hybridized carbons (Fsp3) is 0.933. The third-order valence-electron chi connectivity index (χ3n) is 4.38. The van der Waals surface area contributed by atoms with Crippen molar-refractivity contribution in [3.8, 4) is 0 Å². The average Bonchev–Trinajstić information content (AvgIpc) is 2.79. The summed E-state index contributed by atoms with van der Waals surface area (Å²) >= 11 is 0. The number of likely N-dealkylation sites (tertiary alicyclic amines) is 1. The highest BCUT2D eigenvalue weighted by Crippen LogP contribution is 2.19. The summed E-state index contributed by atoms with van der Waals surface area (Å²) in [6.07, 6.45) is 10.5. The van der Waals surface area contributed by atoms with Gasteiger partial charge in [0.15, 0.2) is 0 Å². The Balaban J connectivity index is 1.75. The van der Waals surface area contributed by atoms with Gasteiger partial charge in [-0.25, -0.2) is 0 Å². The highest BCUT2D eigenvalue weighted by Gasteiger charge is 2.23. The molecule has 0 aromatic heterocycles. The second kappa shape index (κ2) is 7.85. The maximum atomic E-state index is 12.1. The molecule has 0 bridgehead atoms. The van der Waals surface area contributed by atoms with Crippen molar-refractivity contribution in [1.82, 2.24) is 4.90 Å². The summed E-state index contributed by atoms with van der Waals surface area (Å²) in [7, 11) is 0. The third-order valence-corrected chi connectivity index (χ3v) is 4.38. The molecule has 1 aliphatic heterocycles. The minimum absolute atomic E-state index is 0.0819. The predicted molar refractivity (Wildman–Crippen MR) is 75.8 cm³/mol. The van der Waals surface area contributed by atoms with Crippen LogP contribution in [0.5, 0.6) is 0 Å². The van der Waals surface area contributed by atoms with E-state index < -0.39 is 0 Å². The summed E-state index contributed by atoms with van der Waals surface area (Å²) in [5.41, 5.74) is 6.12. The first-order chi connectivity index (χ1) is 9.27. The number of amides is 1. The Morgan fingerprint density at radius 3 is 2.37 bits per heavy atom. The fourth-order valence-electron chi connectivity index (χ4n) is 3.10. The summed E-state index contributed by atoms with van der Waals surface area (Å²) in [4.78, 5) is 14.1. The molecule has 2 fully saturated rings. The van der Waals surface area contributed by atoms with Gasteiger partial charge < -0.3 is 15.4 Å². The van der Waals surface area contributed by atoms with Crippen LogP contribution in [0.25, 0.3) is 0 Å². The zero-order valence-electron chi connectivity index (χ0n) is 12.0. The molecule has 0 radical (unpaired) electrons. The largest absolute Gasteiger partial charge is 0.367 e. The van der Waals surface area contributed by atoms with Crippen molar-refractivity contribution in [3.63, 3.8) is 0 Å². The van der Waals surface area contributed by atoms with Gasteiger partial charge in [-0.15, -0.1) is 0 Å². The van der Waals surface area contributed by atoms with Gasteiger partial charge in [-0.3, -0.25) is 4.79 Å². The first kappa shape index (κ1) is 14.8. The fourth-order valence-corrected chi connectivity index (χ4v) is 3.10. The molecule has 110 valence electrons. The lowest BCUT2D eigenvalue weighted by Gasteiger charge is -2.25. The van der Waals surface area contributed by atoms with Crippen LogP contribution in [-0.2, 0) is 9.53 Å². The van der Waals surface area contributed by atoms with Gasteiger partial charge in [-0.1, -0.05) is 32.1 Å². The molecule has 1 amide bonds. The van der Waals surface area contributed by atoms with E-state index in [1.54, 1.807) is 0 Å². The molecule has 1 saturated heterocycles. The van der Waals surface area contributed by atoms with Crippen molar-refractivity contribution in [1.29, 1.82) is 0 Å². The van der Waals surface area contributed by atoms with Gasteiger partial charge in [0.05, 0.1) is 6.10 Å². The maximum Gasteiger partial charge on any atom is 0.248 e. The van der Waals surface area contributed by atoms with Crippen molar-refractivity contribution in [3.05, 3.63) is 0 Å². The number of rotatable bonds is 3. The lowest BCUT2D eigenvalue weighted by molar-refractivity contribution is -0.138. The normalized spacial score (nSPS) is 29.6. The van der Waals surface area contributed by atoms with Crippen molar-refractivity contribution >= 4 is 5.91 Å². The maximum absolute atomic E-state index is 12.1. The van der Waals surface area contributed by atoms with E-state index >= 15 is 0 Å². The molecule has 1 heterocycles. The van der Waals surface area contributed by atoms with Crippen LogP contribution in [0.1, 0.15) is 57.8 Å². The lowest BCUT2D eigenvalue weighted by Crippen LogP contribution is -2.40. The molecule has 2 atom stereocenters. The second-order valence-corrected chi connectivity index (χ2v) is 5.95. The van der Waals surface area contributed by atoms with E-state index in [9.17, 15) is 4.79 Å². The topological polar surface area (TPSA) is 55.6 Å². The molecule has 2 unspecified atom stereocenters. The van der Waals surface area contributed by atoms with E-state index in [0.29, 0.717) is 0 Å². The zero-order valence-corrected chi connectivity index (χ0v) is 12.0. The van der Waals surface area contributed by atoms with E-state index in [1.807, 2.05) is 4.90 Å². The Hall–Kier alpha value is -0.610. The van der Waals surface area contributed by atoms with Crippen LogP contribution in [0.4, 0.5) is 0 Å². The van der Waals surface area contributed by atoms with Gasteiger partial charge in [0.2, 0.25) is 5.91 Å². The van der Waals surface area contributed by atoms with E-state index in [4.69, 9.17) is 10.5 Å². The lowest BCUT2D eigenvalue weighted by atomic mass is 10.1. The molecule has 2 N–H and O–H groups in total. The monoisotopic (exact) mass is 268 g/mol. The van der Waals surface area contributed by atoms with Gasteiger partial charge in [0.25, 0.3) is 0 Å². The first-order valence-corrected chi connectivity index (χ1v) is 7.92. The smallest absolute Gasteiger partial charge is 0.248 e. The number of carbonyl (C=O) groups is 1. The van der Waals surface area contributed by atoms with Crippen LogP contribution >= 0.6 is 0 Å². The van der Waals surface area contributed by atoms with Crippen molar-refractivity contribution in [2.75, 3.05) is 19.7 Å². The summed E-state index contributed by atoms with van der Waals surface area (Å²) < 4.78 is 5.81. The molecule has 2 rings (SSSR count). The summed E-state index contributed by atoms with van der Waals surface area (Å²) in [6.45, 7) is 2.02. The number of nitrogens with zero attached hydrogens (tertiary/aromatic N) is 1. The molecule has 19 heavy (non-hydrogen) atoms. The van der Waals surface area contributed by atoms with Crippen molar-refractivity contribution in [2.24, 2.45) is 5.73 Å². The summed E-state index contributed by atoms with van der Waals surface area (Å²) in [6, 6.07) is 0.111. The molecule has 1 aliphatic carbocycles. The van der Waals surface area contributed by atoms with Crippen LogP contribution in [-0.4, -0.2) is 42.6 Å². The Morgan fingerprint density at radius 1 is 1.00 bits per heavy atom. The zero-order chi connectivity index (χ0) is 13.5. The van der Waals surface area contributed by atoms with Gasteiger partial charge >= 0.3 is 0 Å². The molecule has 0 spiro atoms.